The second-order valence-corrected chi connectivity index (χ2v) is 6.62. The van der Waals surface area contributed by atoms with Crippen LogP contribution in [0.25, 0.3) is 0 Å². The number of nitrogens with zero attached hydrogens (tertiary/aromatic N) is 2. The lowest BCUT2D eigenvalue weighted by atomic mass is 10.2. The van der Waals surface area contributed by atoms with Crippen molar-refractivity contribution in [2.75, 3.05) is 12.4 Å². The Bertz CT molecular complexity index is 876. The van der Waals surface area contributed by atoms with E-state index in [1.54, 1.807) is 36.1 Å². The first kappa shape index (κ1) is 17.5. The molecule has 1 heterocycles. The van der Waals surface area contributed by atoms with Gasteiger partial charge in [-0.2, -0.15) is 5.10 Å². The Hall–Kier alpha value is -2.31. The zero-order valence-electron chi connectivity index (χ0n) is 13.4. The molecule has 0 unspecified atom stereocenters. The zero-order chi connectivity index (χ0) is 17.8. The third-order valence-electron chi connectivity index (χ3n) is 3.56. The number of carbonyl (C=O) groups excluding carboxylic acids is 1. The Morgan fingerprint density at radius 2 is 1.88 bits per heavy atom. The van der Waals surface area contributed by atoms with E-state index in [4.69, 9.17) is 16.3 Å². The number of rotatable bonds is 5. The first-order chi connectivity index (χ1) is 12.0. The van der Waals surface area contributed by atoms with Gasteiger partial charge in [-0.25, -0.2) is 0 Å². The van der Waals surface area contributed by atoms with Gasteiger partial charge in [0.05, 0.1) is 18.1 Å². The van der Waals surface area contributed by atoms with Crippen LogP contribution in [-0.4, -0.2) is 22.8 Å². The molecule has 0 aliphatic carbocycles. The van der Waals surface area contributed by atoms with Gasteiger partial charge >= 0.3 is 0 Å². The van der Waals surface area contributed by atoms with E-state index in [9.17, 15) is 4.79 Å². The van der Waals surface area contributed by atoms with E-state index in [2.05, 4.69) is 26.3 Å². The average molecular weight is 421 g/mol. The molecule has 128 valence electrons. The standard InChI is InChI=1S/C18H15BrClN3O2/c1-25-15-8-4-13(5-9-15)18(24)21-17-16(19)11-23(22-17)10-12-2-6-14(20)7-3-12/h2-9,11H,10H2,1H3,(H,21,22,24). The molecule has 3 rings (SSSR count). The molecule has 1 N–H and O–H groups in total. The number of aromatic nitrogens is 2. The van der Waals surface area contributed by atoms with Crippen LogP contribution in [0.5, 0.6) is 5.75 Å². The molecule has 0 saturated carbocycles. The summed E-state index contributed by atoms with van der Waals surface area (Å²) in [7, 11) is 1.58. The fourth-order valence-electron chi connectivity index (χ4n) is 2.26. The number of hydrogen-bond donors (Lipinski definition) is 1. The van der Waals surface area contributed by atoms with Crippen LogP contribution < -0.4 is 10.1 Å². The summed E-state index contributed by atoms with van der Waals surface area (Å²) in [5.41, 5.74) is 1.59. The van der Waals surface area contributed by atoms with Gasteiger partial charge in [0.25, 0.3) is 5.91 Å². The van der Waals surface area contributed by atoms with Crippen molar-refractivity contribution in [2.45, 2.75) is 6.54 Å². The summed E-state index contributed by atoms with van der Waals surface area (Å²) in [6, 6.07) is 14.4. The molecule has 0 spiro atoms. The molecule has 25 heavy (non-hydrogen) atoms. The molecule has 0 aliphatic heterocycles. The molecule has 1 amide bonds. The van der Waals surface area contributed by atoms with Crippen molar-refractivity contribution < 1.29 is 9.53 Å². The second-order valence-electron chi connectivity index (χ2n) is 5.33. The number of hydrogen-bond acceptors (Lipinski definition) is 3. The number of amides is 1. The summed E-state index contributed by atoms with van der Waals surface area (Å²) in [6.45, 7) is 0.578. The molecule has 1 aromatic heterocycles. The molecule has 3 aromatic rings. The maximum Gasteiger partial charge on any atom is 0.256 e. The van der Waals surface area contributed by atoms with Gasteiger partial charge in [0, 0.05) is 16.8 Å². The van der Waals surface area contributed by atoms with Crippen LogP contribution >= 0.6 is 27.5 Å². The first-order valence-corrected chi connectivity index (χ1v) is 8.65. The van der Waals surface area contributed by atoms with Gasteiger partial charge in [0.2, 0.25) is 0 Å². The summed E-state index contributed by atoms with van der Waals surface area (Å²) in [5, 5.41) is 7.90. The van der Waals surface area contributed by atoms with Crippen LogP contribution in [0.15, 0.2) is 59.2 Å². The Balaban J connectivity index is 1.71. The SMILES string of the molecule is COc1ccc(C(=O)Nc2nn(Cc3ccc(Cl)cc3)cc2Br)cc1. The first-order valence-electron chi connectivity index (χ1n) is 7.48. The van der Waals surface area contributed by atoms with Crippen LogP contribution in [0.4, 0.5) is 5.82 Å². The van der Waals surface area contributed by atoms with Crippen molar-refractivity contribution in [1.29, 1.82) is 0 Å². The highest BCUT2D eigenvalue weighted by Gasteiger charge is 2.12. The number of methoxy groups -OCH3 is 1. The molecular formula is C18H15BrClN3O2. The van der Waals surface area contributed by atoms with Gasteiger partial charge in [-0.15, -0.1) is 0 Å². The van der Waals surface area contributed by atoms with Crippen molar-refractivity contribution in [3.05, 3.63) is 75.4 Å². The molecule has 0 radical (unpaired) electrons. The molecule has 7 heteroatoms. The van der Waals surface area contributed by atoms with Crippen LogP contribution in [-0.2, 0) is 6.54 Å². The predicted molar refractivity (Wildman–Crippen MR) is 101 cm³/mol. The number of halogens is 2. The summed E-state index contributed by atoms with van der Waals surface area (Å²) in [4.78, 5) is 12.3. The third kappa shape index (κ3) is 4.41. The quantitative estimate of drug-likeness (QED) is 0.656. The molecular weight excluding hydrogens is 406 g/mol. The van der Waals surface area contributed by atoms with E-state index in [-0.39, 0.29) is 5.91 Å². The van der Waals surface area contributed by atoms with Crippen LogP contribution in [0.3, 0.4) is 0 Å². The van der Waals surface area contributed by atoms with Gasteiger partial charge in [-0.3, -0.25) is 9.48 Å². The number of carbonyl (C=O) groups is 1. The van der Waals surface area contributed by atoms with Gasteiger partial charge in [0.15, 0.2) is 5.82 Å². The Kier molecular flexibility index (Phi) is 5.40. The smallest absolute Gasteiger partial charge is 0.256 e. The van der Waals surface area contributed by atoms with Gasteiger partial charge < -0.3 is 10.1 Å². The highest BCUT2D eigenvalue weighted by molar-refractivity contribution is 9.10. The minimum Gasteiger partial charge on any atom is -0.497 e. The molecule has 0 bridgehead atoms. The lowest BCUT2D eigenvalue weighted by Gasteiger charge is -2.05. The lowest BCUT2D eigenvalue weighted by molar-refractivity contribution is 0.102. The van der Waals surface area contributed by atoms with Crippen molar-refractivity contribution in [2.24, 2.45) is 0 Å². The summed E-state index contributed by atoms with van der Waals surface area (Å²) < 4.78 is 7.55. The van der Waals surface area contributed by atoms with E-state index in [0.29, 0.717) is 33.2 Å². The summed E-state index contributed by atoms with van der Waals surface area (Å²) in [6.07, 6.45) is 1.82. The highest BCUT2D eigenvalue weighted by atomic mass is 79.9. The average Bonchev–Trinajstić information content (AvgIpc) is 2.96. The van der Waals surface area contributed by atoms with Gasteiger partial charge in [-0.1, -0.05) is 23.7 Å². The zero-order valence-corrected chi connectivity index (χ0v) is 15.7. The van der Waals surface area contributed by atoms with Crippen LogP contribution in [0, 0.1) is 0 Å². The van der Waals surface area contributed by atoms with Crippen molar-refractivity contribution >= 4 is 39.3 Å². The van der Waals surface area contributed by atoms with E-state index in [1.807, 2.05) is 30.5 Å². The van der Waals surface area contributed by atoms with Gasteiger partial charge in [-0.05, 0) is 57.9 Å². The van der Waals surface area contributed by atoms with E-state index < -0.39 is 0 Å². The van der Waals surface area contributed by atoms with Crippen molar-refractivity contribution in [3.8, 4) is 5.75 Å². The summed E-state index contributed by atoms with van der Waals surface area (Å²) in [5.74, 6) is 0.930. The summed E-state index contributed by atoms with van der Waals surface area (Å²) >= 11 is 9.32. The minimum atomic E-state index is -0.236. The monoisotopic (exact) mass is 419 g/mol. The largest absolute Gasteiger partial charge is 0.497 e. The minimum absolute atomic E-state index is 0.236. The topological polar surface area (TPSA) is 56.1 Å². The normalized spacial score (nSPS) is 10.5. The Labute approximate surface area is 158 Å². The van der Waals surface area contributed by atoms with Crippen molar-refractivity contribution in [3.63, 3.8) is 0 Å². The predicted octanol–water partition coefficient (Wildman–Crippen LogP) is 4.61. The number of nitrogens with one attached hydrogen (secondary N) is 1. The number of anilines is 1. The van der Waals surface area contributed by atoms with Crippen LogP contribution in [0.1, 0.15) is 15.9 Å². The maximum absolute atomic E-state index is 12.3. The van der Waals surface area contributed by atoms with E-state index in [1.165, 1.54) is 0 Å². The third-order valence-corrected chi connectivity index (χ3v) is 4.39. The molecule has 0 atom stereocenters. The van der Waals surface area contributed by atoms with Crippen LogP contribution in [0.2, 0.25) is 5.02 Å². The van der Waals surface area contributed by atoms with Gasteiger partial charge in [0.1, 0.15) is 5.75 Å². The fraction of sp³-hybridized carbons (Fsp3) is 0.111. The number of ether oxygens (including phenoxy) is 1. The lowest BCUT2D eigenvalue weighted by Crippen LogP contribution is -2.13. The molecule has 0 aliphatic rings. The molecule has 0 saturated heterocycles. The molecule has 5 nitrogen and oxygen atoms in total. The van der Waals surface area contributed by atoms with E-state index in [0.717, 1.165) is 5.56 Å². The van der Waals surface area contributed by atoms with E-state index >= 15 is 0 Å². The van der Waals surface area contributed by atoms with Crippen molar-refractivity contribution in [1.82, 2.24) is 9.78 Å². The fourth-order valence-corrected chi connectivity index (χ4v) is 2.80. The molecule has 0 fully saturated rings. The molecule has 2 aromatic carbocycles. The maximum atomic E-state index is 12.3. The Morgan fingerprint density at radius 3 is 2.52 bits per heavy atom. The number of benzene rings is 2. The Morgan fingerprint density at radius 1 is 1.20 bits per heavy atom. The second kappa shape index (κ2) is 7.72. The highest BCUT2D eigenvalue weighted by Crippen LogP contribution is 2.22.